The zero-order valence-corrected chi connectivity index (χ0v) is 22.8. The Labute approximate surface area is 226 Å². The highest BCUT2D eigenvalue weighted by Gasteiger charge is 2.48. The molecule has 6 nitrogen and oxygen atoms in total. The molecule has 0 saturated carbocycles. The normalized spacial score (nSPS) is 20.5. The van der Waals surface area contributed by atoms with Gasteiger partial charge in [-0.05, 0) is 79.4 Å². The van der Waals surface area contributed by atoms with Crippen LogP contribution in [0.3, 0.4) is 0 Å². The van der Waals surface area contributed by atoms with E-state index in [9.17, 15) is 14.7 Å². The predicted molar refractivity (Wildman–Crippen MR) is 148 cm³/mol. The van der Waals surface area contributed by atoms with E-state index >= 15 is 0 Å². The zero-order valence-electron chi connectivity index (χ0n) is 20.4. The van der Waals surface area contributed by atoms with Crippen LogP contribution in [0.5, 0.6) is 5.75 Å². The van der Waals surface area contributed by atoms with Crippen molar-refractivity contribution in [3.05, 3.63) is 92.5 Å². The van der Waals surface area contributed by atoms with Gasteiger partial charge in [0.15, 0.2) is 5.13 Å². The summed E-state index contributed by atoms with van der Waals surface area (Å²) >= 11 is 4.83. The minimum absolute atomic E-state index is 0.0476. The van der Waals surface area contributed by atoms with E-state index in [1.807, 2.05) is 63.2 Å². The lowest BCUT2D eigenvalue weighted by Gasteiger charge is -2.23. The number of amides is 1. The molecule has 0 bridgehead atoms. The molecule has 2 unspecified atom stereocenters. The number of anilines is 1. The Morgan fingerprint density at radius 2 is 1.86 bits per heavy atom. The van der Waals surface area contributed by atoms with Gasteiger partial charge in [-0.1, -0.05) is 45.5 Å². The summed E-state index contributed by atoms with van der Waals surface area (Å²) in [5.74, 6) is -0.873. The Balaban J connectivity index is 1.54. The highest BCUT2D eigenvalue weighted by atomic mass is 79.9. The molecule has 1 fully saturated rings. The number of fused-ring (bicyclic) bond motifs is 2. The number of carbonyl (C=O) groups excluding carboxylic acids is 2. The molecule has 186 valence electrons. The number of hydrogen-bond donors (Lipinski definition) is 1. The first-order valence-electron chi connectivity index (χ1n) is 12.0. The van der Waals surface area contributed by atoms with Crippen molar-refractivity contribution in [2.75, 3.05) is 4.90 Å². The van der Waals surface area contributed by atoms with Crippen molar-refractivity contribution in [3.8, 4) is 5.75 Å². The summed E-state index contributed by atoms with van der Waals surface area (Å²) < 4.78 is 7.60. The molecule has 2 aliphatic heterocycles. The highest BCUT2D eigenvalue weighted by molar-refractivity contribution is 9.10. The molecule has 8 heteroatoms. The lowest BCUT2D eigenvalue weighted by molar-refractivity contribution is -0.132. The Morgan fingerprint density at radius 3 is 2.62 bits per heavy atom. The van der Waals surface area contributed by atoms with Crippen LogP contribution in [0.2, 0.25) is 0 Å². The smallest absolute Gasteiger partial charge is 0.301 e. The maximum atomic E-state index is 13.5. The van der Waals surface area contributed by atoms with Crippen LogP contribution in [0.25, 0.3) is 16.0 Å². The zero-order chi connectivity index (χ0) is 26.0. The highest BCUT2D eigenvalue weighted by Crippen LogP contribution is 2.45. The van der Waals surface area contributed by atoms with Gasteiger partial charge >= 0.3 is 5.91 Å². The van der Waals surface area contributed by atoms with Crippen molar-refractivity contribution in [1.29, 1.82) is 0 Å². The molecule has 3 aromatic carbocycles. The number of aliphatic hydroxyl groups is 1. The number of aliphatic hydroxyl groups excluding tert-OH is 1. The number of carbonyl (C=O) groups is 2. The molecule has 2 atom stereocenters. The minimum atomic E-state index is -0.821. The van der Waals surface area contributed by atoms with E-state index in [-0.39, 0.29) is 17.4 Å². The first-order valence-corrected chi connectivity index (χ1v) is 13.6. The van der Waals surface area contributed by atoms with Crippen molar-refractivity contribution in [2.24, 2.45) is 0 Å². The van der Waals surface area contributed by atoms with Crippen molar-refractivity contribution in [3.63, 3.8) is 0 Å². The number of halogens is 1. The standard InChI is InChI=1S/C29H23BrN2O4S/c1-14-10-15(2)24-22(11-14)37-29(31-24)32-25(17-4-7-20(30)8-5-17)23(27(34)28(32)35)26(33)18-6-9-21-19(13-18)12-16(3)36-21/h4-11,13,16,25,33H,12H2,1-3H3. The third-order valence-electron chi connectivity index (χ3n) is 6.82. The second kappa shape index (κ2) is 8.82. The molecule has 3 heterocycles. The number of ketones is 1. The van der Waals surface area contributed by atoms with Gasteiger partial charge in [0.05, 0.1) is 21.8 Å². The quantitative estimate of drug-likeness (QED) is 0.169. The number of ether oxygens (including phenoxy) is 1. The number of benzene rings is 3. The molecule has 0 aliphatic carbocycles. The van der Waals surface area contributed by atoms with Crippen LogP contribution in [-0.4, -0.2) is 27.9 Å². The second-order valence-electron chi connectivity index (χ2n) is 9.60. The summed E-state index contributed by atoms with van der Waals surface area (Å²) in [7, 11) is 0. The molecule has 1 aromatic heterocycles. The fraction of sp³-hybridized carbons (Fsp3) is 0.207. The molecule has 37 heavy (non-hydrogen) atoms. The largest absolute Gasteiger partial charge is 0.507 e. The number of hydrogen-bond acceptors (Lipinski definition) is 6. The fourth-order valence-corrected chi connectivity index (χ4v) is 6.61. The topological polar surface area (TPSA) is 79.7 Å². The number of rotatable bonds is 3. The van der Waals surface area contributed by atoms with Crippen LogP contribution in [0, 0.1) is 13.8 Å². The maximum absolute atomic E-state index is 13.5. The molecule has 4 aromatic rings. The number of thiazole rings is 1. The van der Waals surface area contributed by atoms with E-state index < -0.39 is 17.7 Å². The van der Waals surface area contributed by atoms with Gasteiger partial charge in [-0.25, -0.2) is 4.98 Å². The molecule has 6 rings (SSSR count). The first kappa shape index (κ1) is 23.9. The van der Waals surface area contributed by atoms with Crippen molar-refractivity contribution in [1.82, 2.24) is 4.98 Å². The number of Topliss-reactive ketones (excluding diaryl/α,β-unsaturated/α-hetero) is 1. The molecule has 1 saturated heterocycles. The Bertz CT molecular complexity index is 1640. The molecule has 0 radical (unpaired) electrons. The van der Waals surface area contributed by atoms with Crippen molar-refractivity contribution < 1.29 is 19.4 Å². The molecular weight excluding hydrogens is 552 g/mol. The van der Waals surface area contributed by atoms with E-state index in [1.54, 1.807) is 12.1 Å². The maximum Gasteiger partial charge on any atom is 0.301 e. The fourth-order valence-electron chi connectivity index (χ4n) is 5.18. The summed E-state index contributed by atoms with van der Waals surface area (Å²) in [5, 5.41) is 11.9. The van der Waals surface area contributed by atoms with Crippen LogP contribution >= 0.6 is 27.3 Å². The molecular formula is C29H23BrN2O4S. The SMILES string of the molecule is Cc1cc(C)c2nc(N3C(=O)C(=O)C(=C(O)c4ccc5c(c4)CC(C)O5)C3c3ccc(Br)cc3)sc2c1. The van der Waals surface area contributed by atoms with Crippen LogP contribution < -0.4 is 9.64 Å². The van der Waals surface area contributed by atoms with Gasteiger partial charge in [-0.3, -0.25) is 14.5 Å². The molecule has 2 aliphatic rings. The minimum Gasteiger partial charge on any atom is -0.507 e. The Hall–Kier alpha value is -3.49. The lowest BCUT2D eigenvalue weighted by Crippen LogP contribution is -2.29. The van der Waals surface area contributed by atoms with Crippen molar-refractivity contribution >= 4 is 60.1 Å². The van der Waals surface area contributed by atoms with Gasteiger partial charge in [-0.15, -0.1) is 0 Å². The van der Waals surface area contributed by atoms with E-state index in [1.165, 1.54) is 16.2 Å². The second-order valence-corrected chi connectivity index (χ2v) is 11.5. The number of aromatic nitrogens is 1. The summed E-state index contributed by atoms with van der Waals surface area (Å²) in [6.07, 6.45) is 0.762. The van der Waals surface area contributed by atoms with E-state index in [2.05, 4.69) is 15.9 Å². The van der Waals surface area contributed by atoms with E-state index in [0.717, 1.165) is 37.1 Å². The molecule has 1 N–H and O–H groups in total. The van der Waals surface area contributed by atoms with Gasteiger partial charge < -0.3 is 9.84 Å². The van der Waals surface area contributed by atoms with E-state index in [4.69, 9.17) is 9.72 Å². The molecule has 0 spiro atoms. The average Bonchev–Trinajstić information content (AvgIpc) is 3.52. The van der Waals surface area contributed by atoms with Crippen LogP contribution in [0.1, 0.15) is 40.8 Å². The summed E-state index contributed by atoms with van der Waals surface area (Å²) in [6, 6.07) is 16.0. The van der Waals surface area contributed by atoms with Crippen LogP contribution in [-0.2, 0) is 16.0 Å². The van der Waals surface area contributed by atoms with E-state index in [0.29, 0.717) is 22.7 Å². The number of nitrogens with zero attached hydrogens (tertiary/aromatic N) is 2. The van der Waals surface area contributed by atoms with Gasteiger partial charge in [-0.2, -0.15) is 0 Å². The Morgan fingerprint density at radius 1 is 1.11 bits per heavy atom. The first-order chi connectivity index (χ1) is 17.7. The summed E-state index contributed by atoms with van der Waals surface area (Å²) in [6.45, 7) is 5.99. The van der Waals surface area contributed by atoms with Gasteiger partial charge in [0.1, 0.15) is 17.6 Å². The summed E-state index contributed by atoms with van der Waals surface area (Å²) in [5.41, 5.74) is 5.09. The van der Waals surface area contributed by atoms with Crippen molar-refractivity contribution in [2.45, 2.75) is 39.3 Å². The predicted octanol–water partition coefficient (Wildman–Crippen LogP) is 6.63. The van der Waals surface area contributed by atoms with Crippen LogP contribution in [0.15, 0.2) is 64.6 Å². The summed E-state index contributed by atoms with van der Waals surface area (Å²) in [4.78, 5) is 33.2. The Kier molecular flexibility index (Phi) is 5.69. The molecule has 1 amide bonds. The lowest BCUT2D eigenvalue weighted by atomic mass is 9.94. The average molecular weight is 575 g/mol. The van der Waals surface area contributed by atoms with Gasteiger partial charge in [0, 0.05) is 16.5 Å². The van der Waals surface area contributed by atoms with Gasteiger partial charge in [0.25, 0.3) is 5.78 Å². The number of aryl methyl sites for hydroxylation is 2. The third kappa shape index (κ3) is 3.95. The third-order valence-corrected chi connectivity index (χ3v) is 8.35. The van der Waals surface area contributed by atoms with Gasteiger partial charge in [0.2, 0.25) is 0 Å². The van der Waals surface area contributed by atoms with Crippen LogP contribution in [0.4, 0.5) is 5.13 Å². The monoisotopic (exact) mass is 574 g/mol.